The second-order valence-corrected chi connectivity index (χ2v) is 15.1. The van der Waals surface area contributed by atoms with E-state index >= 15 is 0 Å². The molecular weight excluding hydrogens is 832 g/mol. The normalized spacial score (nSPS) is 12.1. The minimum absolute atomic E-state index is 0.0256. The Morgan fingerprint density at radius 1 is 0.778 bits per heavy atom. The summed E-state index contributed by atoms with van der Waals surface area (Å²) in [6.07, 6.45) is 0. The van der Waals surface area contributed by atoms with Crippen LogP contribution in [-0.2, 0) is 35.5 Å². The molecule has 0 radical (unpaired) electrons. The highest BCUT2D eigenvalue weighted by Gasteiger charge is 2.33. The molecule has 0 spiro atoms. The van der Waals surface area contributed by atoms with Crippen molar-refractivity contribution in [2.24, 2.45) is 0 Å². The molecule has 0 fully saturated rings. The van der Waals surface area contributed by atoms with Crippen LogP contribution in [0.4, 0.5) is 11.4 Å². The first-order chi connectivity index (χ1) is 26.0. The van der Waals surface area contributed by atoms with Crippen LogP contribution < -0.4 is 20.3 Å². The fraction of sp³-hybridized carbons (Fsp3) is 0.0286. The standard InChI is InChI=1S/C35H23BrN2O13S3/c36-18-8-10-19(11-9-18)47-28-16-27(37-26-13-12-22(54(43,44)45)15-29(26)53-51-49-42)31-32-30(23-6-1-2-7-24(23)34(31)39)25(35(40)38-33(28)32)17-46-20-4-3-5-21(14-20)52-50-48-41/h1-16,37,41-42H,17H2,(H,38,40)(H,43,44,45). The maximum atomic E-state index is 14.5. The van der Waals surface area contributed by atoms with Crippen molar-refractivity contribution < 1.29 is 56.5 Å². The molecule has 1 heterocycles. The second-order valence-electron chi connectivity index (χ2n) is 11.3. The Kier molecular flexibility index (Phi) is 11.1. The number of pyridine rings is 1. The Labute approximate surface area is 321 Å². The zero-order valence-corrected chi connectivity index (χ0v) is 31.0. The Bertz CT molecular complexity index is 2590. The van der Waals surface area contributed by atoms with Gasteiger partial charge in [0.1, 0.15) is 18.1 Å². The number of aromatic nitrogens is 1. The third-order valence-electron chi connectivity index (χ3n) is 8.09. The summed E-state index contributed by atoms with van der Waals surface area (Å²) in [6, 6.07) is 25.4. The molecule has 1 aliphatic rings. The van der Waals surface area contributed by atoms with Crippen LogP contribution in [0, 0.1) is 0 Å². The van der Waals surface area contributed by atoms with E-state index in [2.05, 4.69) is 45.0 Å². The van der Waals surface area contributed by atoms with Crippen molar-refractivity contribution in [1.29, 1.82) is 0 Å². The predicted molar refractivity (Wildman–Crippen MR) is 199 cm³/mol. The lowest BCUT2D eigenvalue weighted by Gasteiger charge is -2.26. The third kappa shape index (κ3) is 7.74. The maximum absolute atomic E-state index is 14.5. The van der Waals surface area contributed by atoms with Crippen LogP contribution in [0.3, 0.4) is 0 Å². The Morgan fingerprint density at radius 3 is 2.26 bits per heavy atom. The Hall–Kier alpha value is -4.77. The van der Waals surface area contributed by atoms with E-state index in [1.807, 2.05) is 0 Å². The van der Waals surface area contributed by atoms with Gasteiger partial charge in [-0.2, -0.15) is 8.42 Å². The highest BCUT2D eigenvalue weighted by molar-refractivity contribution is 9.10. The van der Waals surface area contributed by atoms with Crippen molar-refractivity contribution in [2.45, 2.75) is 21.3 Å². The van der Waals surface area contributed by atoms with Crippen LogP contribution in [0.15, 0.2) is 121 Å². The summed E-state index contributed by atoms with van der Waals surface area (Å²) in [5.41, 5.74) is 1.51. The molecule has 0 saturated carbocycles. The van der Waals surface area contributed by atoms with Gasteiger partial charge in [0.15, 0.2) is 11.5 Å². The number of fused-ring (bicyclic) bond motifs is 2. The molecule has 276 valence electrons. The Balaban J connectivity index is 1.45. The first-order valence-corrected chi connectivity index (χ1v) is 19.0. The number of H-pyrrole nitrogens is 1. The molecule has 0 saturated heterocycles. The van der Waals surface area contributed by atoms with Gasteiger partial charge in [0.05, 0.1) is 61.9 Å². The van der Waals surface area contributed by atoms with E-state index < -0.39 is 26.4 Å². The summed E-state index contributed by atoms with van der Waals surface area (Å²) in [5, 5.41) is 28.3. The van der Waals surface area contributed by atoms with E-state index in [-0.39, 0.29) is 50.8 Å². The molecule has 0 unspecified atom stereocenters. The highest BCUT2D eigenvalue weighted by atomic mass is 79.9. The second kappa shape index (κ2) is 15.9. The van der Waals surface area contributed by atoms with E-state index in [1.54, 1.807) is 72.8 Å². The smallest absolute Gasteiger partial charge is 0.294 e. The number of rotatable bonds is 14. The summed E-state index contributed by atoms with van der Waals surface area (Å²) in [5.74, 6) is 0.489. The quantitative estimate of drug-likeness (QED) is 0.0299. The first kappa shape index (κ1) is 37.5. The topological polar surface area (TPSA) is 212 Å². The number of hydrogen-bond acceptors (Lipinski definition) is 15. The van der Waals surface area contributed by atoms with Gasteiger partial charge in [0, 0.05) is 31.9 Å². The van der Waals surface area contributed by atoms with Gasteiger partial charge in [-0.3, -0.25) is 14.1 Å². The number of carbonyl (C=O) groups is 1. The van der Waals surface area contributed by atoms with Crippen LogP contribution in [0.2, 0.25) is 0 Å². The molecule has 0 amide bonds. The van der Waals surface area contributed by atoms with Crippen molar-refractivity contribution in [3.63, 3.8) is 0 Å². The molecule has 54 heavy (non-hydrogen) atoms. The summed E-state index contributed by atoms with van der Waals surface area (Å²) in [4.78, 5) is 31.6. The van der Waals surface area contributed by atoms with E-state index in [4.69, 9.17) is 20.0 Å². The molecule has 6 aromatic rings. The van der Waals surface area contributed by atoms with Gasteiger partial charge >= 0.3 is 0 Å². The summed E-state index contributed by atoms with van der Waals surface area (Å²) in [7, 11) is -4.65. The van der Waals surface area contributed by atoms with Crippen LogP contribution in [0.5, 0.6) is 17.2 Å². The van der Waals surface area contributed by atoms with Crippen LogP contribution in [0.25, 0.3) is 22.0 Å². The van der Waals surface area contributed by atoms with E-state index in [0.29, 0.717) is 45.0 Å². The molecule has 7 rings (SSSR count). The summed E-state index contributed by atoms with van der Waals surface area (Å²) >= 11 is 4.56. The van der Waals surface area contributed by atoms with Crippen molar-refractivity contribution in [3.8, 4) is 28.4 Å². The summed E-state index contributed by atoms with van der Waals surface area (Å²) < 4.78 is 56.0. The van der Waals surface area contributed by atoms with Gasteiger partial charge in [0.25, 0.3) is 15.7 Å². The zero-order chi connectivity index (χ0) is 38.0. The number of hydrogen-bond donors (Lipinski definition) is 5. The van der Waals surface area contributed by atoms with E-state index in [1.165, 1.54) is 12.1 Å². The van der Waals surface area contributed by atoms with Crippen LogP contribution >= 0.6 is 40.0 Å². The molecule has 5 N–H and O–H groups in total. The molecule has 1 aromatic heterocycles. The number of aromatic amines is 1. The number of anilines is 2. The number of nitrogens with one attached hydrogen (secondary N) is 2. The monoisotopic (exact) mass is 854 g/mol. The first-order valence-electron chi connectivity index (χ1n) is 15.3. The molecule has 1 aliphatic carbocycles. The van der Waals surface area contributed by atoms with Gasteiger partial charge in [-0.15, -0.1) is 8.67 Å². The minimum atomic E-state index is -4.65. The number of halogens is 1. The number of carbonyl (C=O) groups excluding carboxylic acids is 1. The average molecular weight is 856 g/mol. The fourth-order valence-electron chi connectivity index (χ4n) is 5.86. The molecular formula is C35H23BrN2O13S3. The molecule has 15 nitrogen and oxygen atoms in total. The number of ketones is 1. The average Bonchev–Trinajstić information content (AvgIpc) is 3.16. The van der Waals surface area contributed by atoms with Gasteiger partial charge < -0.3 is 19.8 Å². The number of benzene rings is 5. The molecule has 0 atom stereocenters. The minimum Gasteiger partial charge on any atom is -0.489 e. The third-order valence-corrected chi connectivity index (χ3v) is 10.7. The Morgan fingerprint density at radius 2 is 1.52 bits per heavy atom. The zero-order valence-electron chi connectivity index (χ0n) is 27.0. The SMILES string of the molecule is O=C1c2ccccc2-c2c(COc3cccc(SOOO)c3)c(=O)[nH]c3c(Oc4ccc(Br)cc4)cc(Nc4ccc(S(=O)(=O)O)cc4SOOO)c1c23. The highest BCUT2D eigenvalue weighted by Crippen LogP contribution is 2.48. The lowest BCUT2D eigenvalue weighted by Crippen LogP contribution is -2.22. The van der Waals surface area contributed by atoms with Crippen molar-refractivity contribution in [1.82, 2.24) is 4.98 Å². The molecule has 19 heteroatoms. The van der Waals surface area contributed by atoms with Crippen molar-refractivity contribution in [2.75, 3.05) is 5.32 Å². The van der Waals surface area contributed by atoms with Gasteiger partial charge in [-0.05, 0) is 66.2 Å². The molecule has 0 aliphatic heterocycles. The maximum Gasteiger partial charge on any atom is 0.294 e. The molecule has 5 aromatic carbocycles. The largest absolute Gasteiger partial charge is 0.489 e. The van der Waals surface area contributed by atoms with Gasteiger partial charge in [0.2, 0.25) is 0 Å². The van der Waals surface area contributed by atoms with Gasteiger partial charge in [-0.1, -0.05) is 56.3 Å². The van der Waals surface area contributed by atoms with E-state index in [9.17, 15) is 22.6 Å². The lowest BCUT2D eigenvalue weighted by molar-refractivity contribution is -0.432. The predicted octanol–water partition coefficient (Wildman–Crippen LogP) is 8.72. The van der Waals surface area contributed by atoms with Crippen LogP contribution in [0.1, 0.15) is 21.5 Å². The summed E-state index contributed by atoms with van der Waals surface area (Å²) in [6.45, 7) is -0.245. The molecule has 0 bridgehead atoms. The number of ether oxygens (including phenoxy) is 2. The van der Waals surface area contributed by atoms with Crippen LogP contribution in [-0.4, -0.2) is 34.3 Å². The van der Waals surface area contributed by atoms with Gasteiger partial charge in [-0.25, -0.2) is 10.5 Å². The van der Waals surface area contributed by atoms with Crippen molar-refractivity contribution in [3.05, 3.63) is 129 Å². The lowest BCUT2D eigenvalue weighted by atomic mass is 9.81. The van der Waals surface area contributed by atoms with E-state index in [0.717, 1.165) is 28.6 Å². The fourth-order valence-corrected chi connectivity index (χ4v) is 7.60. The van der Waals surface area contributed by atoms with Crippen molar-refractivity contribution >= 4 is 78.2 Å².